The lowest BCUT2D eigenvalue weighted by Crippen LogP contribution is -2.21. The summed E-state index contributed by atoms with van der Waals surface area (Å²) < 4.78 is 67.5. The van der Waals surface area contributed by atoms with Crippen LogP contribution in [0.25, 0.3) is 0 Å². The summed E-state index contributed by atoms with van der Waals surface area (Å²) in [4.78, 5) is 8.90. The summed E-state index contributed by atoms with van der Waals surface area (Å²) >= 11 is 0. The molecule has 0 bridgehead atoms. The zero-order valence-corrected chi connectivity index (χ0v) is 8.51. The van der Waals surface area contributed by atoms with Gasteiger partial charge in [-0.1, -0.05) is 6.07 Å². The number of rotatable bonds is 0. The first-order valence-corrected chi connectivity index (χ1v) is 4.17. The molecule has 0 saturated heterocycles. The Morgan fingerprint density at radius 3 is 1.78 bits per heavy atom. The number of hydrogen-bond donors (Lipinski definition) is 2. The molecule has 1 aromatic rings. The predicted molar refractivity (Wildman–Crippen MR) is 49.5 cm³/mol. The third kappa shape index (κ3) is 5.97. The lowest BCUT2D eigenvalue weighted by molar-refractivity contribution is -0.192. The number of benzene rings is 1. The molecule has 18 heavy (non-hydrogen) atoms. The van der Waals surface area contributed by atoms with Crippen LogP contribution in [-0.4, -0.2) is 17.3 Å². The molecule has 0 aromatic heterocycles. The number of carboxylic acid groups (broad SMARTS) is 1. The minimum absolute atomic E-state index is 0.125. The smallest absolute Gasteiger partial charge is 0.475 e. The van der Waals surface area contributed by atoms with Crippen LogP contribution in [0.1, 0.15) is 5.56 Å². The highest BCUT2D eigenvalue weighted by Gasteiger charge is 2.38. The van der Waals surface area contributed by atoms with E-state index in [4.69, 9.17) is 15.6 Å². The van der Waals surface area contributed by atoms with Crippen LogP contribution in [0.5, 0.6) is 0 Å². The summed E-state index contributed by atoms with van der Waals surface area (Å²) in [7, 11) is 0. The van der Waals surface area contributed by atoms with Gasteiger partial charge in [0.05, 0.1) is 5.56 Å². The highest BCUT2D eigenvalue weighted by molar-refractivity contribution is 5.73. The van der Waals surface area contributed by atoms with Crippen LogP contribution in [-0.2, 0) is 11.0 Å². The van der Waals surface area contributed by atoms with Crippen molar-refractivity contribution in [2.24, 2.45) is 0 Å². The molecule has 9 heteroatoms. The fourth-order valence-electron chi connectivity index (χ4n) is 0.715. The highest BCUT2D eigenvalue weighted by atomic mass is 19.4. The molecular formula is C9H7F6NO2. The van der Waals surface area contributed by atoms with Gasteiger partial charge < -0.3 is 10.8 Å². The van der Waals surface area contributed by atoms with Gasteiger partial charge in [0.1, 0.15) is 0 Å². The number of aliphatic carboxylic acids is 1. The Balaban J connectivity index is 0.000000360. The number of nitrogens with two attached hydrogens (primary N) is 1. The van der Waals surface area contributed by atoms with E-state index >= 15 is 0 Å². The van der Waals surface area contributed by atoms with Gasteiger partial charge >= 0.3 is 18.3 Å². The van der Waals surface area contributed by atoms with E-state index in [-0.39, 0.29) is 5.69 Å². The molecule has 0 radical (unpaired) electrons. The van der Waals surface area contributed by atoms with Crippen molar-refractivity contribution in [2.75, 3.05) is 5.73 Å². The molecule has 0 spiro atoms. The van der Waals surface area contributed by atoms with Crippen LogP contribution in [0, 0.1) is 0 Å². The molecule has 1 rings (SSSR count). The van der Waals surface area contributed by atoms with Crippen LogP contribution in [0.3, 0.4) is 0 Å². The number of carboxylic acids is 1. The van der Waals surface area contributed by atoms with E-state index in [9.17, 15) is 26.3 Å². The SMILES string of the molecule is Nc1cccc(C(F)(F)F)c1.O=C(O)C(F)(F)F. The first kappa shape index (κ1) is 16.1. The van der Waals surface area contributed by atoms with Crippen LogP contribution < -0.4 is 5.73 Å². The molecule has 0 fully saturated rings. The molecule has 0 unspecified atom stereocenters. The Kier molecular flexibility index (Phi) is 5.00. The van der Waals surface area contributed by atoms with E-state index in [2.05, 4.69) is 0 Å². The average molecular weight is 275 g/mol. The summed E-state index contributed by atoms with van der Waals surface area (Å²) in [5.74, 6) is -2.76. The van der Waals surface area contributed by atoms with E-state index in [0.717, 1.165) is 12.1 Å². The normalized spacial score (nSPS) is 11.4. The molecule has 0 heterocycles. The van der Waals surface area contributed by atoms with Crippen molar-refractivity contribution in [1.29, 1.82) is 0 Å². The Morgan fingerprint density at radius 1 is 1.11 bits per heavy atom. The van der Waals surface area contributed by atoms with Gasteiger partial charge in [0.15, 0.2) is 0 Å². The van der Waals surface area contributed by atoms with E-state index in [1.54, 1.807) is 0 Å². The van der Waals surface area contributed by atoms with Crippen LogP contribution >= 0.6 is 0 Å². The fourth-order valence-corrected chi connectivity index (χ4v) is 0.715. The molecule has 0 aliphatic carbocycles. The zero-order chi connectivity index (χ0) is 14.6. The van der Waals surface area contributed by atoms with E-state index in [1.807, 2.05) is 0 Å². The molecule has 0 aliphatic heterocycles. The van der Waals surface area contributed by atoms with Crippen molar-refractivity contribution in [2.45, 2.75) is 12.4 Å². The van der Waals surface area contributed by atoms with Crippen molar-refractivity contribution in [3.05, 3.63) is 29.8 Å². The van der Waals surface area contributed by atoms with Crippen molar-refractivity contribution >= 4 is 11.7 Å². The van der Waals surface area contributed by atoms with Crippen LogP contribution in [0.2, 0.25) is 0 Å². The predicted octanol–water partition coefficient (Wildman–Crippen LogP) is 2.92. The first-order valence-electron chi connectivity index (χ1n) is 4.17. The molecule has 3 nitrogen and oxygen atoms in total. The maximum atomic E-state index is 11.9. The summed E-state index contributed by atoms with van der Waals surface area (Å²) in [5, 5.41) is 7.12. The minimum atomic E-state index is -5.08. The maximum Gasteiger partial charge on any atom is 0.490 e. The number of alkyl halides is 6. The molecule has 0 amide bonds. The van der Waals surface area contributed by atoms with Gasteiger partial charge in [0, 0.05) is 5.69 Å². The topological polar surface area (TPSA) is 63.3 Å². The largest absolute Gasteiger partial charge is 0.490 e. The summed E-state index contributed by atoms with van der Waals surface area (Å²) in [6, 6.07) is 4.57. The molecule has 0 saturated carbocycles. The van der Waals surface area contributed by atoms with Gasteiger partial charge in [-0.3, -0.25) is 0 Å². The summed E-state index contributed by atoms with van der Waals surface area (Å²) in [6.45, 7) is 0. The van der Waals surface area contributed by atoms with Gasteiger partial charge in [0.25, 0.3) is 0 Å². The number of anilines is 1. The Labute approximate surface area is 96.8 Å². The lowest BCUT2D eigenvalue weighted by Gasteiger charge is -2.05. The second kappa shape index (κ2) is 5.61. The Morgan fingerprint density at radius 2 is 1.56 bits per heavy atom. The van der Waals surface area contributed by atoms with E-state index < -0.39 is 23.9 Å². The highest BCUT2D eigenvalue weighted by Crippen LogP contribution is 2.29. The maximum absolute atomic E-state index is 11.9. The van der Waals surface area contributed by atoms with Crippen LogP contribution in [0.15, 0.2) is 24.3 Å². The van der Waals surface area contributed by atoms with Crippen molar-refractivity contribution < 1.29 is 36.2 Å². The van der Waals surface area contributed by atoms with Crippen molar-refractivity contribution in [3.63, 3.8) is 0 Å². The molecular weight excluding hydrogens is 268 g/mol. The van der Waals surface area contributed by atoms with E-state index in [0.29, 0.717) is 0 Å². The van der Waals surface area contributed by atoms with Gasteiger partial charge in [-0.05, 0) is 18.2 Å². The minimum Gasteiger partial charge on any atom is -0.475 e. The monoisotopic (exact) mass is 275 g/mol. The quantitative estimate of drug-likeness (QED) is 0.565. The third-order valence-corrected chi connectivity index (χ3v) is 1.46. The number of hydrogen-bond acceptors (Lipinski definition) is 2. The number of halogens is 6. The molecule has 1 aromatic carbocycles. The van der Waals surface area contributed by atoms with Gasteiger partial charge in [-0.15, -0.1) is 0 Å². The Hall–Kier alpha value is -1.93. The van der Waals surface area contributed by atoms with Crippen molar-refractivity contribution in [3.8, 4) is 0 Å². The molecule has 102 valence electrons. The number of carbonyl (C=O) groups is 1. The van der Waals surface area contributed by atoms with E-state index in [1.165, 1.54) is 12.1 Å². The first-order chi connectivity index (χ1) is 7.94. The average Bonchev–Trinajstić information content (AvgIpc) is 2.15. The van der Waals surface area contributed by atoms with Crippen molar-refractivity contribution in [1.82, 2.24) is 0 Å². The summed E-state index contributed by atoms with van der Waals surface area (Å²) in [6.07, 6.45) is -9.38. The second-order valence-electron chi connectivity index (χ2n) is 2.93. The fraction of sp³-hybridized carbons (Fsp3) is 0.222. The Bertz CT molecular complexity index is 412. The van der Waals surface area contributed by atoms with Crippen LogP contribution in [0.4, 0.5) is 32.0 Å². The lowest BCUT2D eigenvalue weighted by atomic mass is 10.2. The molecule has 0 aliphatic rings. The zero-order valence-electron chi connectivity index (χ0n) is 8.51. The number of nitrogen functional groups attached to an aromatic ring is 1. The van der Waals surface area contributed by atoms with Gasteiger partial charge in [0.2, 0.25) is 0 Å². The standard InChI is InChI=1S/C7H6F3N.C2HF3O2/c8-7(9,10)5-2-1-3-6(11)4-5;3-2(4,5)1(6)7/h1-4H,11H2;(H,6,7). The second-order valence-corrected chi connectivity index (χ2v) is 2.93. The summed E-state index contributed by atoms with van der Waals surface area (Å²) in [5.41, 5.74) is 4.57. The molecule has 3 N–H and O–H groups in total. The third-order valence-electron chi connectivity index (χ3n) is 1.46. The van der Waals surface area contributed by atoms with Gasteiger partial charge in [-0.25, -0.2) is 4.79 Å². The molecule has 0 atom stereocenters. The van der Waals surface area contributed by atoms with Gasteiger partial charge in [-0.2, -0.15) is 26.3 Å².